The number of rotatable bonds is 4. The van der Waals surface area contributed by atoms with Gasteiger partial charge in [0.25, 0.3) is 0 Å². The molecule has 1 aromatic rings. The molecular weight excluding hydrogens is 174 g/mol. The first-order chi connectivity index (χ1) is 6.88. The van der Waals surface area contributed by atoms with Gasteiger partial charge in [-0.2, -0.15) is 0 Å². The minimum Gasteiger partial charge on any atom is -0.490 e. The van der Waals surface area contributed by atoms with Gasteiger partial charge in [-0.3, -0.25) is 0 Å². The van der Waals surface area contributed by atoms with Crippen LogP contribution in [0.5, 0.6) is 5.75 Å². The normalized spacial score (nSPS) is 16.1. The van der Waals surface area contributed by atoms with Crippen LogP contribution >= 0.6 is 0 Å². The molecular formula is C12H15NO. The van der Waals surface area contributed by atoms with Gasteiger partial charge < -0.3 is 10.5 Å². The molecule has 1 fully saturated rings. The standard InChI is InChI=1S/C12H15NO/c13-8-2-4-10-3-1-5-12(9-10)14-11-6-7-11/h1-5,9,11H,6-8,13H2/b4-2+. The first kappa shape index (κ1) is 9.28. The monoisotopic (exact) mass is 189 g/mol. The largest absolute Gasteiger partial charge is 0.490 e. The van der Waals surface area contributed by atoms with Gasteiger partial charge in [-0.05, 0) is 30.5 Å². The Kier molecular flexibility index (Phi) is 2.84. The molecule has 0 saturated heterocycles. The van der Waals surface area contributed by atoms with E-state index < -0.39 is 0 Å². The van der Waals surface area contributed by atoms with Crippen LogP contribution < -0.4 is 10.5 Å². The summed E-state index contributed by atoms with van der Waals surface area (Å²) in [6.45, 7) is 0.577. The van der Waals surface area contributed by atoms with Gasteiger partial charge in [0.15, 0.2) is 0 Å². The Hall–Kier alpha value is -1.28. The van der Waals surface area contributed by atoms with Crippen molar-refractivity contribution in [1.29, 1.82) is 0 Å². The van der Waals surface area contributed by atoms with Crippen molar-refractivity contribution in [1.82, 2.24) is 0 Å². The van der Waals surface area contributed by atoms with E-state index in [0.717, 1.165) is 11.3 Å². The molecule has 0 atom stereocenters. The maximum absolute atomic E-state index is 5.68. The highest BCUT2D eigenvalue weighted by Gasteiger charge is 2.23. The molecule has 1 aromatic carbocycles. The fourth-order valence-corrected chi connectivity index (χ4v) is 1.27. The van der Waals surface area contributed by atoms with Crippen LogP contribution in [0.4, 0.5) is 0 Å². The van der Waals surface area contributed by atoms with Crippen molar-refractivity contribution < 1.29 is 4.74 Å². The summed E-state index contributed by atoms with van der Waals surface area (Å²) >= 11 is 0. The van der Waals surface area contributed by atoms with Crippen molar-refractivity contribution in [3.63, 3.8) is 0 Å². The Labute approximate surface area is 84.4 Å². The molecule has 2 nitrogen and oxygen atoms in total. The highest BCUT2D eigenvalue weighted by atomic mass is 16.5. The van der Waals surface area contributed by atoms with Crippen LogP contribution in [-0.2, 0) is 0 Å². The van der Waals surface area contributed by atoms with E-state index in [1.807, 2.05) is 36.4 Å². The first-order valence-corrected chi connectivity index (χ1v) is 5.02. The van der Waals surface area contributed by atoms with E-state index in [0.29, 0.717) is 12.6 Å². The van der Waals surface area contributed by atoms with E-state index in [-0.39, 0.29) is 0 Å². The molecule has 0 amide bonds. The van der Waals surface area contributed by atoms with E-state index in [1.165, 1.54) is 12.8 Å². The highest BCUT2D eigenvalue weighted by Crippen LogP contribution is 2.27. The van der Waals surface area contributed by atoms with Gasteiger partial charge in [-0.1, -0.05) is 24.3 Å². The lowest BCUT2D eigenvalue weighted by molar-refractivity contribution is 0.303. The molecule has 2 N–H and O–H groups in total. The van der Waals surface area contributed by atoms with Gasteiger partial charge in [0.2, 0.25) is 0 Å². The second-order valence-electron chi connectivity index (χ2n) is 3.53. The number of hydrogen-bond acceptors (Lipinski definition) is 2. The average molecular weight is 189 g/mol. The number of benzene rings is 1. The smallest absolute Gasteiger partial charge is 0.120 e. The van der Waals surface area contributed by atoms with Crippen LogP contribution in [0.1, 0.15) is 18.4 Å². The Bertz CT molecular complexity index is 329. The zero-order chi connectivity index (χ0) is 9.80. The van der Waals surface area contributed by atoms with Gasteiger partial charge >= 0.3 is 0 Å². The third kappa shape index (κ3) is 2.60. The summed E-state index contributed by atoms with van der Waals surface area (Å²) in [7, 11) is 0. The minimum atomic E-state index is 0.462. The second-order valence-corrected chi connectivity index (χ2v) is 3.53. The summed E-state index contributed by atoms with van der Waals surface area (Å²) in [6, 6.07) is 8.10. The molecule has 14 heavy (non-hydrogen) atoms. The molecule has 0 radical (unpaired) electrons. The maximum atomic E-state index is 5.68. The predicted molar refractivity (Wildman–Crippen MR) is 58.2 cm³/mol. The topological polar surface area (TPSA) is 35.2 Å². The molecule has 1 aliphatic rings. The molecule has 0 spiro atoms. The second kappa shape index (κ2) is 4.29. The van der Waals surface area contributed by atoms with E-state index in [4.69, 9.17) is 10.5 Å². The minimum absolute atomic E-state index is 0.462. The zero-order valence-electron chi connectivity index (χ0n) is 8.15. The van der Waals surface area contributed by atoms with Crippen molar-refractivity contribution in [3.05, 3.63) is 35.9 Å². The molecule has 0 heterocycles. The molecule has 1 saturated carbocycles. The fraction of sp³-hybridized carbons (Fsp3) is 0.333. The fourth-order valence-electron chi connectivity index (χ4n) is 1.27. The zero-order valence-corrected chi connectivity index (χ0v) is 8.15. The Morgan fingerprint density at radius 2 is 2.29 bits per heavy atom. The van der Waals surface area contributed by atoms with Gasteiger partial charge in [-0.25, -0.2) is 0 Å². The van der Waals surface area contributed by atoms with Gasteiger partial charge in [0.05, 0.1) is 6.10 Å². The van der Waals surface area contributed by atoms with Gasteiger partial charge in [-0.15, -0.1) is 0 Å². The number of hydrogen-bond donors (Lipinski definition) is 1. The lowest BCUT2D eigenvalue weighted by Gasteiger charge is -2.04. The highest BCUT2D eigenvalue weighted by molar-refractivity contribution is 5.51. The van der Waals surface area contributed by atoms with Crippen LogP contribution in [-0.4, -0.2) is 12.6 Å². The van der Waals surface area contributed by atoms with E-state index in [2.05, 4.69) is 0 Å². The van der Waals surface area contributed by atoms with Crippen molar-refractivity contribution in [2.24, 2.45) is 5.73 Å². The van der Waals surface area contributed by atoms with Crippen LogP contribution in [0.2, 0.25) is 0 Å². The molecule has 2 rings (SSSR count). The predicted octanol–water partition coefficient (Wildman–Crippen LogP) is 2.20. The Balaban J connectivity index is 2.05. The van der Waals surface area contributed by atoms with E-state index >= 15 is 0 Å². The number of nitrogens with two attached hydrogens (primary N) is 1. The van der Waals surface area contributed by atoms with Gasteiger partial charge in [0.1, 0.15) is 5.75 Å². The van der Waals surface area contributed by atoms with Gasteiger partial charge in [0, 0.05) is 6.54 Å². The summed E-state index contributed by atoms with van der Waals surface area (Å²) in [5.74, 6) is 0.965. The SMILES string of the molecule is NC/C=C/c1cccc(OC2CC2)c1. The van der Waals surface area contributed by atoms with Crippen LogP contribution in [0, 0.1) is 0 Å². The quantitative estimate of drug-likeness (QED) is 0.788. The van der Waals surface area contributed by atoms with Crippen LogP contribution in [0.15, 0.2) is 30.3 Å². The van der Waals surface area contributed by atoms with Crippen molar-refractivity contribution >= 4 is 6.08 Å². The van der Waals surface area contributed by atoms with Crippen LogP contribution in [0.3, 0.4) is 0 Å². The molecule has 0 aliphatic heterocycles. The van der Waals surface area contributed by atoms with E-state index in [1.54, 1.807) is 0 Å². The summed E-state index contributed by atoms with van der Waals surface area (Å²) in [4.78, 5) is 0. The van der Waals surface area contributed by atoms with Crippen molar-refractivity contribution in [2.75, 3.05) is 6.54 Å². The molecule has 0 aromatic heterocycles. The third-order valence-electron chi connectivity index (χ3n) is 2.13. The van der Waals surface area contributed by atoms with E-state index in [9.17, 15) is 0 Å². The number of ether oxygens (including phenoxy) is 1. The summed E-state index contributed by atoms with van der Waals surface area (Å²) in [5.41, 5.74) is 6.53. The average Bonchev–Trinajstić information content (AvgIpc) is 2.99. The lowest BCUT2D eigenvalue weighted by Crippen LogP contribution is -1.95. The first-order valence-electron chi connectivity index (χ1n) is 5.02. The molecule has 0 bridgehead atoms. The van der Waals surface area contributed by atoms with Crippen molar-refractivity contribution in [2.45, 2.75) is 18.9 Å². The third-order valence-corrected chi connectivity index (χ3v) is 2.13. The molecule has 0 unspecified atom stereocenters. The molecule has 74 valence electrons. The molecule has 1 aliphatic carbocycles. The molecule has 2 heteroatoms. The van der Waals surface area contributed by atoms with Crippen molar-refractivity contribution in [3.8, 4) is 5.75 Å². The summed E-state index contributed by atoms with van der Waals surface area (Å²) < 4.78 is 5.68. The summed E-state index contributed by atoms with van der Waals surface area (Å²) in [5, 5.41) is 0. The lowest BCUT2D eigenvalue weighted by atomic mass is 10.2. The Morgan fingerprint density at radius 1 is 1.43 bits per heavy atom. The summed E-state index contributed by atoms with van der Waals surface area (Å²) in [6.07, 6.45) is 6.81. The van der Waals surface area contributed by atoms with Crippen LogP contribution in [0.25, 0.3) is 6.08 Å². The maximum Gasteiger partial charge on any atom is 0.120 e. The Morgan fingerprint density at radius 3 is 3.00 bits per heavy atom.